The van der Waals surface area contributed by atoms with Crippen LogP contribution in [0.25, 0.3) is 17.3 Å². The van der Waals surface area contributed by atoms with Gasteiger partial charge in [-0.05, 0) is 80.2 Å². The number of aryl methyl sites for hydroxylation is 1. The second-order valence-electron chi connectivity index (χ2n) is 12.5. The van der Waals surface area contributed by atoms with Crippen molar-refractivity contribution in [3.05, 3.63) is 71.0 Å². The van der Waals surface area contributed by atoms with Crippen molar-refractivity contribution in [3.8, 4) is 11.6 Å². The second-order valence-corrected chi connectivity index (χ2v) is 20.5. The van der Waals surface area contributed by atoms with Crippen LogP contribution in [0.5, 0.6) is 0 Å². The number of aromatic nitrogens is 3. The highest BCUT2D eigenvalue weighted by Crippen LogP contribution is 2.36. The first kappa shape index (κ1) is 31.7. The molecule has 1 aliphatic carbocycles. The Bertz CT molecular complexity index is 1540. The predicted molar refractivity (Wildman–Crippen MR) is 176 cm³/mol. The first-order valence-corrected chi connectivity index (χ1v) is 20.6. The normalized spacial score (nSPS) is 18.1. The number of methoxy groups -OCH3 is 1. The highest BCUT2D eigenvalue weighted by atomic mass is 35.5. The fourth-order valence-electron chi connectivity index (χ4n) is 5.58. The third kappa shape index (κ3) is 7.69. The molecule has 0 saturated carbocycles. The molecule has 0 N–H and O–H groups in total. The molecule has 0 radical (unpaired) electrons. The maximum absolute atomic E-state index is 14.3. The zero-order valence-corrected chi connectivity index (χ0v) is 28.1. The standard InChI is InChI=1S/C31H42ClN5O4SSi/c1-40-27-10-7-9-25(23-35-17-5-6-18-35)29(27)37-30(28-11-8-20-41-28)33-34-31(37)36(19-22-43(2,3)4)42(38,39)21-16-24-12-14-26(32)15-13-24/h7-9,11-15,20,27H,5-6,10,16-19,21-23H2,1-4H3/t27-/m0/s1. The molecule has 0 bridgehead atoms. The van der Waals surface area contributed by atoms with Gasteiger partial charge in [0.25, 0.3) is 0 Å². The van der Waals surface area contributed by atoms with E-state index in [2.05, 4.69) is 46.9 Å². The Morgan fingerprint density at radius 3 is 2.51 bits per heavy atom. The number of hydrogen-bond donors (Lipinski definition) is 0. The summed E-state index contributed by atoms with van der Waals surface area (Å²) in [7, 11) is -3.75. The number of halogens is 1. The van der Waals surface area contributed by atoms with E-state index in [1.165, 1.54) is 17.1 Å². The summed E-state index contributed by atoms with van der Waals surface area (Å²) in [4.78, 5) is 2.43. The summed E-state index contributed by atoms with van der Waals surface area (Å²) in [6.07, 6.45) is 8.91. The highest BCUT2D eigenvalue weighted by molar-refractivity contribution is 7.92. The molecule has 1 aliphatic heterocycles. The van der Waals surface area contributed by atoms with Gasteiger partial charge >= 0.3 is 0 Å². The Morgan fingerprint density at radius 1 is 1.12 bits per heavy atom. The lowest BCUT2D eigenvalue weighted by Crippen LogP contribution is -2.40. The zero-order chi connectivity index (χ0) is 30.6. The molecule has 3 heterocycles. The van der Waals surface area contributed by atoms with Crippen LogP contribution in [0.2, 0.25) is 30.7 Å². The number of ether oxygens (including phenoxy) is 1. The van der Waals surface area contributed by atoms with Crippen LogP contribution in [-0.4, -0.2) is 81.3 Å². The SMILES string of the molecule is CO[C@H]1CC=CC(CN2CCCC2)=C1n1c(-c2ccco2)nnc1N(CC[Si](C)(C)C)S(=O)(=O)CCc1ccc(Cl)cc1. The van der Waals surface area contributed by atoms with Crippen molar-refractivity contribution in [3.63, 3.8) is 0 Å². The van der Waals surface area contributed by atoms with Gasteiger partial charge in [0, 0.05) is 33.3 Å². The zero-order valence-electron chi connectivity index (χ0n) is 25.5. The van der Waals surface area contributed by atoms with Crippen molar-refractivity contribution in [2.45, 2.75) is 57.5 Å². The minimum absolute atomic E-state index is 0.0728. The smallest absolute Gasteiger partial charge is 0.245 e. The van der Waals surface area contributed by atoms with Gasteiger partial charge < -0.3 is 9.15 Å². The number of hydrogen-bond acceptors (Lipinski definition) is 7. The molecule has 2 aliphatic rings. The van der Waals surface area contributed by atoms with Gasteiger partial charge in [-0.15, -0.1) is 10.2 Å². The molecule has 232 valence electrons. The number of nitrogens with zero attached hydrogens (tertiary/aromatic N) is 5. The van der Waals surface area contributed by atoms with Crippen molar-refractivity contribution in [1.82, 2.24) is 19.7 Å². The van der Waals surface area contributed by atoms with Gasteiger partial charge in [0.2, 0.25) is 21.8 Å². The molecule has 5 rings (SSSR count). The minimum Gasteiger partial charge on any atom is -0.461 e. The molecular formula is C31H42ClN5O4SSi. The molecule has 3 aromatic rings. The summed E-state index contributed by atoms with van der Waals surface area (Å²) in [5, 5.41) is 9.76. The van der Waals surface area contributed by atoms with Crippen LogP contribution in [0, 0.1) is 0 Å². The van der Waals surface area contributed by atoms with E-state index in [-0.39, 0.29) is 17.8 Å². The summed E-state index contributed by atoms with van der Waals surface area (Å²) in [5.74, 6) is 1.17. The van der Waals surface area contributed by atoms with Crippen LogP contribution in [0.3, 0.4) is 0 Å². The fourth-order valence-corrected chi connectivity index (χ4v) is 8.21. The van der Waals surface area contributed by atoms with Crippen molar-refractivity contribution >= 4 is 41.3 Å². The van der Waals surface area contributed by atoms with E-state index < -0.39 is 18.1 Å². The molecule has 9 nitrogen and oxygen atoms in total. The Hall–Kier alpha value is -2.70. The van der Waals surface area contributed by atoms with Crippen LogP contribution in [0.15, 0.2) is 64.8 Å². The van der Waals surface area contributed by atoms with Crippen molar-refractivity contribution in [1.29, 1.82) is 0 Å². The third-order valence-electron chi connectivity index (χ3n) is 7.99. The lowest BCUT2D eigenvalue weighted by Gasteiger charge is -2.31. The number of sulfonamides is 1. The summed E-state index contributed by atoms with van der Waals surface area (Å²) < 4.78 is 43.7. The van der Waals surface area contributed by atoms with E-state index >= 15 is 0 Å². The molecule has 0 amide bonds. The monoisotopic (exact) mass is 643 g/mol. The van der Waals surface area contributed by atoms with E-state index in [1.54, 1.807) is 31.6 Å². The van der Waals surface area contributed by atoms with Crippen molar-refractivity contribution in [2.24, 2.45) is 0 Å². The van der Waals surface area contributed by atoms with E-state index in [0.29, 0.717) is 36.0 Å². The number of rotatable bonds is 13. The van der Waals surface area contributed by atoms with Gasteiger partial charge in [-0.2, -0.15) is 0 Å². The molecule has 43 heavy (non-hydrogen) atoms. The van der Waals surface area contributed by atoms with Crippen LogP contribution in [0.1, 0.15) is 24.8 Å². The average molecular weight is 644 g/mol. The van der Waals surface area contributed by atoms with E-state index in [4.69, 9.17) is 20.8 Å². The summed E-state index contributed by atoms with van der Waals surface area (Å²) in [6.45, 7) is 9.85. The lowest BCUT2D eigenvalue weighted by atomic mass is 9.99. The summed E-state index contributed by atoms with van der Waals surface area (Å²) in [5.41, 5.74) is 2.83. The second kappa shape index (κ2) is 13.5. The molecule has 1 saturated heterocycles. The van der Waals surface area contributed by atoms with Crippen LogP contribution >= 0.6 is 11.6 Å². The van der Waals surface area contributed by atoms with E-state index in [1.807, 2.05) is 22.8 Å². The summed E-state index contributed by atoms with van der Waals surface area (Å²) >= 11 is 6.07. The van der Waals surface area contributed by atoms with Crippen LogP contribution in [-0.2, 0) is 21.2 Å². The topological polar surface area (TPSA) is 93.7 Å². The molecule has 0 spiro atoms. The molecule has 1 fully saturated rings. The van der Waals surface area contributed by atoms with E-state index in [0.717, 1.165) is 42.5 Å². The first-order valence-electron chi connectivity index (χ1n) is 14.9. The minimum atomic E-state index is -3.81. The molecule has 2 aromatic heterocycles. The molecular weight excluding hydrogens is 602 g/mol. The summed E-state index contributed by atoms with van der Waals surface area (Å²) in [6, 6.07) is 11.7. The maximum atomic E-state index is 14.3. The van der Waals surface area contributed by atoms with Crippen molar-refractivity contribution < 1.29 is 17.6 Å². The lowest BCUT2D eigenvalue weighted by molar-refractivity contribution is 0.145. The Balaban J connectivity index is 1.64. The number of likely N-dealkylation sites (tertiary alicyclic amines) is 1. The van der Waals surface area contributed by atoms with Gasteiger partial charge in [0.15, 0.2) is 5.76 Å². The molecule has 0 unspecified atom stereocenters. The maximum Gasteiger partial charge on any atom is 0.245 e. The Morgan fingerprint density at radius 2 is 1.86 bits per heavy atom. The number of furan rings is 1. The Labute approximate surface area is 261 Å². The predicted octanol–water partition coefficient (Wildman–Crippen LogP) is 6.19. The van der Waals surface area contributed by atoms with Crippen LogP contribution in [0.4, 0.5) is 5.95 Å². The number of anilines is 1. The Kier molecular flexibility index (Phi) is 9.97. The molecule has 1 aromatic carbocycles. The van der Waals surface area contributed by atoms with Gasteiger partial charge in [-0.3, -0.25) is 9.47 Å². The van der Waals surface area contributed by atoms with Gasteiger partial charge in [0.05, 0.1) is 17.7 Å². The van der Waals surface area contributed by atoms with Gasteiger partial charge in [-0.25, -0.2) is 12.7 Å². The quantitative estimate of drug-likeness (QED) is 0.205. The third-order valence-corrected chi connectivity index (χ3v) is 11.7. The van der Waals surface area contributed by atoms with Crippen molar-refractivity contribution in [2.75, 3.05) is 43.3 Å². The largest absolute Gasteiger partial charge is 0.461 e. The van der Waals surface area contributed by atoms with Crippen LogP contribution < -0.4 is 4.31 Å². The molecule has 1 atom stereocenters. The van der Waals surface area contributed by atoms with Gasteiger partial charge in [0.1, 0.15) is 6.10 Å². The van der Waals surface area contributed by atoms with E-state index in [9.17, 15) is 8.42 Å². The average Bonchev–Trinajstić information content (AvgIpc) is 3.75. The highest BCUT2D eigenvalue weighted by Gasteiger charge is 2.35. The molecule has 12 heteroatoms. The first-order chi connectivity index (χ1) is 20.6. The number of benzene rings is 1. The fraction of sp³-hybridized carbons (Fsp3) is 0.484. The van der Waals surface area contributed by atoms with Gasteiger partial charge in [-0.1, -0.05) is 55.5 Å².